The lowest BCUT2D eigenvalue weighted by Crippen LogP contribution is -2.47. The van der Waals surface area contributed by atoms with E-state index in [0.29, 0.717) is 36.9 Å². The fraction of sp³-hybridized carbons (Fsp3) is 0.391. The van der Waals surface area contributed by atoms with Gasteiger partial charge in [-0.3, -0.25) is 9.59 Å². The molecule has 0 saturated carbocycles. The lowest BCUT2D eigenvalue weighted by molar-refractivity contribution is -0.136. The van der Waals surface area contributed by atoms with Crippen molar-refractivity contribution in [1.29, 1.82) is 0 Å². The predicted octanol–water partition coefficient (Wildman–Crippen LogP) is 2.52. The van der Waals surface area contributed by atoms with Crippen molar-refractivity contribution in [2.24, 2.45) is 0 Å². The zero-order valence-corrected chi connectivity index (χ0v) is 18.0. The molecule has 0 bridgehead atoms. The Bertz CT molecular complexity index is 907. The van der Waals surface area contributed by atoms with E-state index in [1.165, 1.54) is 14.2 Å². The number of carbonyl (C=O) groups excluding carboxylic acids is 2. The van der Waals surface area contributed by atoms with E-state index in [2.05, 4.69) is 10.6 Å². The van der Waals surface area contributed by atoms with Gasteiger partial charge in [0.2, 0.25) is 0 Å². The summed E-state index contributed by atoms with van der Waals surface area (Å²) < 4.78 is 21.2. The van der Waals surface area contributed by atoms with Gasteiger partial charge in [0.25, 0.3) is 0 Å². The largest absolute Gasteiger partial charge is 0.497 e. The van der Waals surface area contributed by atoms with E-state index in [9.17, 15) is 9.59 Å². The Morgan fingerprint density at radius 1 is 0.903 bits per heavy atom. The maximum Gasteiger partial charge on any atom is 0.313 e. The van der Waals surface area contributed by atoms with Crippen LogP contribution < -0.4 is 24.8 Å². The highest BCUT2D eigenvalue weighted by atomic mass is 16.5. The van der Waals surface area contributed by atoms with E-state index >= 15 is 0 Å². The third-order valence-electron chi connectivity index (χ3n) is 5.60. The molecule has 31 heavy (non-hydrogen) atoms. The molecular weight excluding hydrogens is 400 g/mol. The van der Waals surface area contributed by atoms with Crippen molar-refractivity contribution in [3.63, 3.8) is 0 Å². The first-order valence-electron chi connectivity index (χ1n) is 10.0. The van der Waals surface area contributed by atoms with Crippen LogP contribution in [0.15, 0.2) is 42.5 Å². The van der Waals surface area contributed by atoms with E-state index in [0.717, 1.165) is 24.2 Å². The maximum absolute atomic E-state index is 12.6. The fourth-order valence-corrected chi connectivity index (χ4v) is 3.69. The number of carbonyl (C=O) groups is 2. The number of hydrogen-bond donors (Lipinski definition) is 2. The smallest absolute Gasteiger partial charge is 0.313 e. The minimum absolute atomic E-state index is 0.311. The van der Waals surface area contributed by atoms with Crippen molar-refractivity contribution in [3.05, 3.63) is 48.0 Å². The lowest BCUT2D eigenvalue weighted by Gasteiger charge is -2.38. The van der Waals surface area contributed by atoms with Gasteiger partial charge in [0.1, 0.15) is 17.2 Å². The SMILES string of the molecule is COc1ccc(C2(CNC(=O)C(=O)Nc3cc(OC)ccc3OC)CCOCC2)cc1. The van der Waals surface area contributed by atoms with Crippen molar-refractivity contribution < 1.29 is 28.5 Å². The fourth-order valence-electron chi connectivity index (χ4n) is 3.69. The minimum atomic E-state index is -0.775. The molecule has 8 heteroatoms. The number of ether oxygens (including phenoxy) is 4. The molecular formula is C23H28N2O6. The van der Waals surface area contributed by atoms with Crippen LogP contribution in [0, 0.1) is 0 Å². The summed E-state index contributed by atoms with van der Waals surface area (Å²) in [5, 5.41) is 5.39. The van der Waals surface area contributed by atoms with Crippen LogP contribution in [0.2, 0.25) is 0 Å². The molecule has 1 saturated heterocycles. The number of amides is 2. The van der Waals surface area contributed by atoms with E-state index in [1.807, 2.05) is 24.3 Å². The monoisotopic (exact) mass is 428 g/mol. The van der Waals surface area contributed by atoms with Gasteiger partial charge < -0.3 is 29.6 Å². The molecule has 1 aliphatic heterocycles. The van der Waals surface area contributed by atoms with Crippen LogP contribution in [0.5, 0.6) is 17.2 Å². The molecule has 2 aromatic carbocycles. The van der Waals surface area contributed by atoms with E-state index in [1.54, 1.807) is 25.3 Å². The minimum Gasteiger partial charge on any atom is -0.497 e. The summed E-state index contributed by atoms with van der Waals surface area (Å²) >= 11 is 0. The summed E-state index contributed by atoms with van der Waals surface area (Å²) in [7, 11) is 4.63. The molecule has 166 valence electrons. The summed E-state index contributed by atoms with van der Waals surface area (Å²) in [5.41, 5.74) is 1.12. The van der Waals surface area contributed by atoms with Crippen molar-refractivity contribution in [1.82, 2.24) is 5.32 Å². The van der Waals surface area contributed by atoms with Gasteiger partial charge in [-0.2, -0.15) is 0 Å². The van der Waals surface area contributed by atoms with Crippen LogP contribution in [0.25, 0.3) is 0 Å². The van der Waals surface area contributed by atoms with E-state index < -0.39 is 11.8 Å². The topological polar surface area (TPSA) is 95.1 Å². The summed E-state index contributed by atoms with van der Waals surface area (Å²) in [5.74, 6) is 0.243. The van der Waals surface area contributed by atoms with Gasteiger partial charge in [-0.1, -0.05) is 12.1 Å². The zero-order chi connectivity index (χ0) is 22.3. The Morgan fingerprint density at radius 2 is 1.55 bits per heavy atom. The second kappa shape index (κ2) is 10.2. The van der Waals surface area contributed by atoms with Gasteiger partial charge in [-0.25, -0.2) is 0 Å². The van der Waals surface area contributed by atoms with E-state index in [4.69, 9.17) is 18.9 Å². The van der Waals surface area contributed by atoms with Crippen LogP contribution in [0.1, 0.15) is 18.4 Å². The molecule has 1 fully saturated rings. The van der Waals surface area contributed by atoms with Gasteiger partial charge in [0.15, 0.2) is 0 Å². The second-order valence-electron chi connectivity index (χ2n) is 7.32. The van der Waals surface area contributed by atoms with Gasteiger partial charge in [-0.15, -0.1) is 0 Å². The Morgan fingerprint density at radius 3 is 2.16 bits per heavy atom. The average molecular weight is 428 g/mol. The molecule has 1 aliphatic rings. The Hall–Kier alpha value is -3.26. The number of benzene rings is 2. The number of rotatable bonds is 7. The number of methoxy groups -OCH3 is 3. The van der Waals surface area contributed by atoms with Crippen LogP contribution in [-0.4, -0.2) is 52.9 Å². The van der Waals surface area contributed by atoms with E-state index in [-0.39, 0.29) is 5.41 Å². The van der Waals surface area contributed by atoms with Crippen LogP contribution in [0.4, 0.5) is 5.69 Å². The molecule has 1 heterocycles. The lowest BCUT2D eigenvalue weighted by atomic mass is 9.74. The van der Waals surface area contributed by atoms with Crippen molar-refractivity contribution >= 4 is 17.5 Å². The summed E-state index contributed by atoms with van der Waals surface area (Å²) in [4.78, 5) is 25.1. The molecule has 0 atom stereocenters. The molecule has 0 spiro atoms. The Labute approximate surface area is 181 Å². The quantitative estimate of drug-likeness (QED) is 0.658. The number of anilines is 1. The van der Waals surface area contributed by atoms with Crippen LogP contribution >= 0.6 is 0 Å². The molecule has 0 unspecified atom stereocenters. The summed E-state index contributed by atoms with van der Waals surface area (Å²) in [6.07, 6.45) is 1.48. The Kier molecular flexibility index (Phi) is 7.36. The molecule has 3 rings (SSSR count). The second-order valence-corrected chi connectivity index (χ2v) is 7.32. The van der Waals surface area contributed by atoms with Crippen LogP contribution in [0.3, 0.4) is 0 Å². The first-order valence-corrected chi connectivity index (χ1v) is 10.0. The normalized spacial score (nSPS) is 14.9. The first-order chi connectivity index (χ1) is 15.0. The van der Waals surface area contributed by atoms with Crippen molar-refractivity contribution in [2.75, 3.05) is 46.4 Å². The highest BCUT2D eigenvalue weighted by Crippen LogP contribution is 2.35. The van der Waals surface area contributed by atoms with Crippen molar-refractivity contribution in [3.8, 4) is 17.2 Å². The molecule has 2 N–H and O–H groups in total. The molecule has 2 aromatic rings. The van der Waals surface area contributed by atoms with Gasteiger partial charge in [-0.05, 0) is 42.7 Å². The third-order valence-corrected chi connectivity index (χ3v) is 5.60. The van der Waals surface area contributed by atoms with Gasteiger partial charge in [0.05, 0.1) is 27.0 Å². The first kappa shape index (κ1) is 22.4. The highest BCUT2D eigenvalue weighted by Gasteiger charge is 2.35. The molecule has 2 amide bonds. The third kappa shape index (κ3) is 5.27. The molecule has 0 radical (unpaired) electrons. The summed E-state index contributed by atoms with van der Waals surface area (Å²) in [6.45, 7) is 1.51. The maximum atomic E-state index is 12.6. The summed E-state index contributed by atoms with van der Waals surface area (Å²) in [6, 6.07) is 12.8. The Balaban J connectivity index is 1.70. The molecule has 8 nitrogen and oxygen atoms in total. The number of nitrogens with one attached hydrogen (secondary N) is 2. The van der Waals surface area contributed by atoms with Crippen molar-refractivity contribution in [2.45, 2.75) is 18.3 Å². The van der Waals surface area contributed by atoms with Crippen LogP contribution in [-0.2, 0) is 19.7 Å². The highest BCUT2D eigenvalue weighted by molar-refractivity contribution is 6.39. The molecule has 0 aliphatic carbocycles. The average Bonchev–Trinajstić information content (AvgIpc) is 2.83. The zero-order valence-electron chi connectivity index (χ0n) is 18.0. The van der Waals surface area contributed by atoms with Gasteiger partial charge in [0, 0.05) is 31.2 Å². The molecule has 0 aromatic heterocycles. The van der Waals surface area contributed by atoms with Gasteiger partial charge >= 0.3 is 11.8 Å². The number of hydrogen-bond acceptors (Lipinski definition) is 6. The standard InChI is InChI=1S/C23H28N2O6/c1-28-17-6-4-16(5-7-17)23(10-12-31-13-11-23)15-24-21(26)22(27)25-19-14-18(29-2)8-9-20(19)30-3/h4-9,14H,10-13,15H2,1-3H3,(H,24,26)(H,25,27). The predicted molar refractivity (Wildman–Crippen MR) is 116 cm³/mol.